The Labute approximate surface area is 529 Å². The molecule has 0 fully saturated rings. The first-order valence-corrected chi connectivity index (χ1v) is 30.0. The van der Waals surface area contributed by atoms with Gasteiger partial charge in [-0.2, -0.15) is 0 Å². The van der Waals surface area contributed by atoms with Crippen LogP contribution in [0.5, 0.6) is 0 Å². The lowest BCUT2D eigenvalue weighted by Crippen LogP contribution is -2.08. The van der Waals surface area contributed by atoms with Crippen LogP contribution in [0.25, 0.3) is 161 Å². The zero-order valence-corrected chi connectivity index (χ0v) is 49.1. The Morgan fingerprint density at radius 1 is 0.269 bits per heavy atom. The molecule has 12 heteroatoms. The molecule has 0 bridgehead atoms. The molecule has 6 aromatic heterocycles. The summed E-state index contributed by atoms with van der Waals surface area (Å²) in [4.78, 5) is 24.8. The lowest BCUT2D eigenvalue weighted by molar-refractivity contribution is 0.381. The predicted octanol–water partition coefficient (Wildman–Crippen LogP) is 21.7. The molecule has 0 aliphatic rings. The minimum atomic E-state index is -2.31. The highest BCUT2D eigenvalue weighted by Crippen LogP contribution is 2.49. The number of hydrogen-bond acceptors (Lipinski definition) is 4. The molecule has 93 heavy (non-hydrogen) atoms. The minimum Gasteiger partial charge on any atom is -0.319 e. The van der Waals surface area contributed by atoms with Crippen molar-refractivity contribution in [1.82, 2.24) is 29.1 Å². The first-order valence-electron chi connectivity index (χ1n) is 30.0. The number of aromatic nitrogens is 6. The highest BCUT2D eigenvalue weighted by molar-refractivity contribution is 6.15. The van der Waals surface area contributed by atoms with Crippen molar-refractivity contribution in [2.45, 2.75) is 0 Å². The predicted molar refractivity (Wildman–Crippen MR) is 361 cm³/mol. The van der Waals surface area contributed by atoms with Crippen molar-refractivity contribution in [3.63, 3.8) is 0 Å². The van der Waals surface area contributed by atoms with Crippen molar-refractivity contribution in [1.29, 1.82) is 0 Å². The molecule has 16 rings (SSSR count). The van der Waals surface area contributed by atoms with Crippen LogP contribution in [0.1, 0.15) is 0 Å². The molecule has 0 saturated heterocycles. The van der Waals surface area contributed by atoms with E-state index in [-0.39, 0.29) is 17.1 Å². The summed E-state index contributed by atoms with van der Waals surface area (Å²) in [6, 6.07) is 88.9. The van der Waals surface area contributed by atoms with Gasteiger partial charge in [-0.05, 0) is 103 Å². The molecule has 0 radical (unpaired) electrons. The summed E-state index contributed by atoms with van der Waals surface area (Å²) in [5, 5.41) is 2.80. The van der Waals surface area contributed by atoms with E-state index < -0.39 is 40.2 Å². The van der Waals surface area contributed by atoms with Crippen LogP contribution in [0.15, 0.2) is 279 Å². The van der Waals surface area contributed by atoms with Crippen molar-refractivity contribution in [2.24, 2.45) is 0 Å². The van der Waals surface area contributed by atoms with Gasteiger partial charge in [-0.25, -0.2) is 46.7 Å². The van der Waals surface area contributed by atoms with Gasteiger partial charge in [0.25, 0.3) is 0 Å². The smallest absolute Gasteiger partial charge is 0.234 e. The van der Waals surface area contributed by atoms with Gasteiger partial charge in [0.15, 0.2) is 23.3 Å². The average Bonchev–Trinajstić information content (AvgIpc) is 1.60. The second-order valence-corrected chi connectivity index (χ2v) is 22.6. The van der Waals surface area contributed by atoms with Crippen LogP contribution >= 0.6 is 0 Å². The zero-order valence-electron chi connectivity index (χ0n) is 49.1. The number of hydrogen-bond donors (Lipinski definition) is 0. The summed E-state index contributed by atoms with van der Waals surface area (Å²) < 4.78 is 84.4. The van der Waals surface area contributed by atoms with Gasteiger partial charge in [0, 0.05) is 71.6 Å². The van der Waals surface area contributed by atoms with E-state index in [0.29, 0.717) is 55.6 Å². The van der Waals surface area contributed by atoms with Gasteiger partial charge in [0.1, 0.15) is 0 Å². The number of benzene rings is 10. The second-order valence-electron chi connectivity index (χ2n) is 22.6. The Hall–Kier alpha value is -12.5. The van der Waals surface area contributed by atoms with E-state index in [2.05, 4.69) is 17.0 Å². The molecular weight excluding hydrogens is 1170 g/mol. The third-order valence-electron chi connectivity index (χ3n) is 17.2. The quantitative estimate of drug-likeness (QED) is 0.0560. The Balaban J connectivity index is 0.974. The number of rotatable bonds is 11. The lowest BCUT2D eigenvalue weighted by Gasteiger charge is -2.21. The summed E-state index contributed by atoms with van der Waals surface area (Å²) in [7, 11) is 0. The van der Waals surface area contributed by atoms with Crippen molar-refractivity contribution < 1.29 is 22.0 Å². The van der Waals surface area contributed by atoms with Crippen LogP contribution in [0.2, 0.25) is 0 Å². The van der Waals surface area contributed by atoms with Crippen LogP contribution in [-0.4, -0.2) is 29.1 Å². The van der Waals surface area contributed by atoms with Crippen LogP contribution in [0.4, 0.5) is 27.6 Å². The number of halogens is 5. The maximum atomic E-state index is 16.9. The number of nitrogens with zero attached hydrogens (tertiary/aromatic N) is 7. The van der Waals surface area contributed by atoms with E-state index in [1.165, 1.54) is 12.1 Å². The summed E-state index contributed by atoms with van der Waals surface area (Å²) in [6.45, 7) is 9.37. The van der Waals surface area contributed by atoms with Gasteiger partial charge >= 0.3 is 0 Å². The van der Waals surface area contributed by atoms with E-state index in [9.17, 15) is 6.57 Å². The molecule has 0 spiro atoms. The van der Waals surface area contributed by atoms with Gasteiger partial charge in [0.2, 0.25) is 11.5 Å². The Kier molecular flexibility index (Phi) is 13.7. The van der Waals surface area contributed by atoms with Crippen molar-refractivity contribution >= 4 is 49.3 Å². The summed E-state index contributed by atoms with van der Waals surface area (Å²) in [5.41, 5.74) is 13.1. The standard InChI is InChI=1S/C81H46F5N7/c1-87-80-73(92-69-39-34-52(65-30-14-26-61(88-65)48-18-6-2-7-19-48)44-57(69)58-45-53(35-40-70(58)92)66-31-15-27-62(89-66)49-20-8-3-9-21-49)43-38-56(74-75(82)77(84)79(86)78(85)76(74)83)81(80)93-71-41-36-54(67-32-16-28-63(90-67)50-22-10-4-11-23-50)46-59(71)60-47-55(37-42-72(60)93)68-33-17-29-64(91-68)51-24-12-5-13-25-51/h2-47H. The lowest BCUT2D eigenvalue weighted by atomic mass is 9.98. The van der Waals surface area contributed by atoms with E-state index in [1.807, 2.05) is 259 Å². The Morgan fingerprint density at radius 3 is 0.849 bits per heavy atom. The van der Waals surface area contributed by atoms with Crippen LogP contribution in [-0.2, 0) is 0 Å². The summed E-state index contributed by atoms with van der Waals surface area (Å²) >= 11 is 0. The van der Waals surface area contributed by atoms with E-state index in [1.54, 1.807) is 4.57 Å². The molecule has 0 aliphatic carbocycles. The Bertz CT molecular complexity index is 5400. The summed E-state index contributed by atoms with van der Waals surface area (Å²) in [5.74, 6) is -10.7. The molecular formula is C81H46F5N7. The van der Waals surface area contributed by atoms with Crippen LogP contribution in [0.3, 0.4) is 0 Å². The molecule has 0 atom stereocenters. The largest absolute Gasteiger partial charge is 0.319 e. The van der Waals surface area contributed by atoms with Gasteiger partial charge < -0.3 is 9.13 Å². The number of pyridine rings is 4. The van der Waals surface area contributed by atoms with Crippen LogP contribution in [0, 0.1) is 35.7 Å². The van der Waals surface area contributed by atoms with E-state index in [0.717, 1.165) is 78.1 Å². The normalized spacial score (nSPS) is 11.5. The third kappa shape index (κ3) is 9.66. The molecule has 10 aromatic carbocycles. The van der Waals surface area contributed by atoms with E-state index >= 15 is 22.0 Å². The monoisotopic (exact) mass is 1210 g/mol. The van der Waals surface area contributed by atoms with Gasteiger partial charge in [-0.3, -0.25) is 0 Å². The molecule has 0 saturated carbocycles. The SMILES string of the molecule is [C-]#[N+]c1c(-n2c3ccc(-c4cccc(-c5ccccc5)n4)cc3c3cc(-c4cccc(-c5ccccc5)n4)ccc32)ccc(-c2c(F)c(F)c(F)c(F)c2F)c1-n1c2ccc(-c3cccc(-c4ccccc4)n3)cc2c2cc(-c3cccc(-c4ccccc4)n3)ccc21. The zero-order chi connectivity index (χ0) is 62.8. The topological polar surface area (TPSA) is 65.8 Å². The summed E-state index contributed by atoms with van der Waals surface area (Å²) in [6.07, 6.45) is 0. The fraction of sp³-hybridized carbons (Fsp3) is 0. The molecule has 0 unspecified atom stereocenters. The molecule has 0 N–H and O–H groups in total. The van der Waals surface area contributed by atoms with E-state index in [4.69, 9.17) is 19.9 Å². The minimum absolute atomic E-state index is 0.133. The highest BCUT2D eigenvalue weighted by Gasteiger charge is 2.32. The second kappa shape index (κ2) is 22.8. The fourth-order valence-electron chi connectivity index (χ4n) is 12.8. The van der Waals surface area contributed by atoms with Gasteiger partial charge in [0.05, 0.1) is 91.1 Å². The molecule has 7 nitrogen and oxygen atoms in total. The fourth-order valence-corrected chi connectivity index (χ4v) is 12.8. The average molecular weight is 1210 g/mol. The molecule has 16 aromatic rings. The van der Waals surface area contributed by atoms with Crippen molar-refractivity contribution in [3.05, 3.63) is 320 Å². The van der Waals surface area contributed by atoms with Crippen LogP contribution < -0.4 is 0 Å². The first kappa shape index (κ1) is 55.8. The number of fused-ring (bicyclic) bond motifs is 6. The molecule has 440 valence electrons. The third-order valence-corrected chi connectivity index (χ3v) is 17.2. The maximum Gasteiger partial charge on any atom is 0.234 e. The van der Waals surface area contributed by atoms with Crippen molar-refractivity contribution in [3.8, 4) is 113 Å². The molecule has 0 amide bonds. The first-order chi connectivity index (χ1) is 45.6. The molecule has 0 aliphatic heterocycles. The highest BCUT2D eigenvalue weighted by atomic mass is 19.2. The van der Waals surface area contributed by atoms with Gasteiger partial charge in [-0.1, -0.05) is 176 Å². The van der Waals surface area contributed by atoms with Crippen molar-refractivity contribution in [2.75, 3.05) is 0 Å². The van der Waals surface area contributed by atoms with Gasteiger partial charge in [-0.15, -0.1) is 0 Å². The molecule has 6 heterocycles. The Morgan fingerprint density at radius 2 is 0.548 bits per heavy atom. The maximum absolute atomic E-state index is 16.9.